The van der Waals surface area contributed by atoms with E-state index in [0.29, 0.717) is 46.4 Å². The maximum absolute atomic E-state index is 12.4. The highest BCUT2D eigenvalue weighted by atomic mass is 35.5. The topological polar surface area (TPSA) is 95.5 Å². The Morgan fingerprint density at radius 2 is 1.73 bits per heavy atom. The zero-order valence-corrected chi connectivity index (χ0v) is 21.3. The Hall–Kier alpha value is -4.30. The van der Waals surface area contributed by atoms with Crippen LogP contribution in [0.1, 0.15) is 28.4 Å². The lowest BCUT2D eigenvalue weighted by atomic mass is 10.1. The molecule has 1 N–H and O–H groups in total. The largest absolute Gasteiger partial charge is 0.493 e. The van der Waals surface area contributed by atoms with Crippen molar-refractivity contribution < 1.29 is 28.5 Å². The van der Waals surface area contributed by atoms with E-state index in [1.165, 1.54) is 13.3 Å². The number of hydrazone groups is 1. The molecule has 8 nitrogen and oxygen atoms in total. The third-order valence-electron chi connectivity index (χ3n) is 4.92. The minimum atomic E-state index is -0.543. The number of carbonyl (C=O) groups is 2. The van der Waals surface area contributed by atoms with Crippen molar-refractivity contribution in [3.05, 3.63) is 95.0 Å². The summed E-state index contributed by atoms with van der Waals surface area (Å²) in [5, 5.41) is 4.48. The Kier molecular flexibility index (Phi) is 10.1. The molecule has 0 aliphatic carbocycles. The van der Waals surface area contributed by atoms with Gasteiger partial charge in [-0.1, -0.05) is 23.7 Å². The van der Waals surface area contributed by atoms with E-state index in [1.54, 1.807) is 54.6 Å². The van der Waals surface area contributed by atoms with Crippen molar-refractivity contribution in [1.29, 1.82) is 0 Å². The molecule has 0 bridgehead atoms. The van der Waals surface area contributed by atoms with Gasteiger partial charge in [0.1, 0.15) is 0 Å². The SMILES string of the molecule is C=CCc1ccc(OCC(=O)N/N=C\c2ccc(OC(=O)c3ccc(Cl)cc3)c(OCC)c2)c(OC)c1. The molecule has 0 atom stereocenters. The molecule has 0 fully saturated rings. The minimum absolute atomic E-state index is 0.252. The number of hydrogen-bond acceptors (Lipinski definition) is 7. The average Bonchev–Trinajstić information content (AvgIpc) is 2.90. The lowest BCUT2D eigenvalue weighted by molar-refractivity contribution is -0.123. The van der Waals surface area contributed by atoms with Crippen LogP contribution in [0.2, 0.25) is 5.02 Å². The molecule has 3 aromatic carbocycles. The molecule has 1 amide bonds. The Balaban J connectivity index is 1.59. The van der Waals surface area contributed by atoms with E-state index >= 15 is 0 Å². The fourth-order valence-electron chi connectivity index (χ4n) is 3.18. The first-order valence-electron chi connectivity index (χ1n) is 11.4. The van der Waals surface area contributed by atoms with Crippen LogP contribution in [0.3, 0.4) is 0 Å². The number of benzene rings is 3. The molecule has 0 spiro atoms. The number of halogens is 1. The maximum Gasteiger partial charge on any atom is 0.343 e. The summed E-state index contributed by atoms with van der Waals surface area (Å²) >= 11 is 5.87. The molecule has 0 radical (unpaired) electrons. The molecule has 0 unspecified atom stereocenters. The van der Waals surface area contributed by atoms with Crippen molar-refractivity contribution in [3.8, 4) is 23.0 Å². The van der Waals surface area contributed by atoms with Gasteiger partial charge in [0.25, 0.3) is 5.91 Å². The van der Waals surface area contributed by atoms with Gasteiger partial charge in [-0.25, -0.2) is 10.2 Å². The number of carbonyl (C=O) groups excluding carboxylic acids is 2. The van der Waals surface area contributed by atoms with E-state index in [4.69, 9.17) is 30.5 Å². The summed E-state index contributed by atoms with van der Waals surface area (Å²) in [5.74, 6) is 0.584. The predicted molar refractivity (Wildman–Crippen MR) is 142 cm³/mol. The van der Waals surface area contributed by atoms with Gasteiger partial charge in [-0.05, 0) is 79.1 Å². The number of rotatable bonds is 12. The van der Waals surface area contributed by atoms with E-state index in [-0.39, 0.29) is 12.4 Å². The van der Waals surface area contributed by atoms with Crippen LogP contribution < -0.4 is 24.4 Å². The summed E-state index contributed by atoms with van der Waals surface area (Å²) in [6.07, 6.45) is 3.93. The van der Waals surface area contributed by atoms with Crippen molar-refractivity contribution in [2.75, 3.05) is 20.3 Å². The summed E-state index contributed by atoms with van der Waals surface area (Å²) in [6.45, 7) is 5.64. The molecule has 3 aromatic rings. The molecule has 3 rings (SSSR count). The van der Waals surface area contributed by atoms with Crippen molar-refractivity contribution >= 4 is 29.7 Å². The first kappa shape index (κ1) is 27.3. The number of nitrogens with one attached hydrogen (secondary N) is 1. The molecule has 0 saturated carbocycles. The smallest absolute Gasteiger partial charge is 0.343 e. The third-order valence-corrected chi connectivity index (χ3v) is 5.17. The fourth-order valence-corrected chi connectivity index (χ4v) is 3.31. The zero-order chi connectivity index (χ0) is 26.6. The second-order valence-electron chi connectivity index (χ2n) is 7.60. The monoisotopic (exact) mass is 522 g/mol. The molecule has 0 aliphatic heterocycles. The summed E-state index contributed by atoms with van der Waals surface area (Å²) < 4.78 is 22.0. The van der Waals surface area contributed by atoms with Gasteiger partial charge < -0.3 is 18.9 Å². The minimum Gasteiger partial charge on any atom is -0.493 e. The number of hydrogen-bond donors (Lipinski definition) is 1. The lowest BCUT2D eigenvalue weighted by Gasteiger charge is -2.12. The van der Waals surface area contributed by atoms with Crippen LogP contribution in [0.4, 0.5) is 0 Å². The highest BCUT2D eigenvalue weighted by molar-refractivity contribution is 6.30. The van der Waals surface area contributed by atoms with Gasteiger partial charge in [0.05, 0.1) is 25.5 Å². The normalized spacial score (nSPS) is 10.6. The Bertz CT molecular complexity index is 1270. The van der Waals surface area contributed by atoms with Crippen LogP contribution in [0.15, 0.2) is 78.4 Å². The Morgan fingerprint density at radius 3 is 2.43 bits per heavy atom. The number of amides is 1. The summed E-state index contributed by atoms with van der Waals surface area (Å²) in [7, 11) is 1.53. The molecular formula is C28H27ClN2O6. The van der Waals surface area contributed by atoms with E-state index in [2.05, 4.69) is 17.1 Å². The number of allylic oxidation sites excluding steroid dienone is 1. The number of methoxy groups -OCH3 is 1. The van der Waals surface area contributed by atoms with Crippen molar-refractivity contribution in [2.45, 2.75) is 13.3 Å². The van der Waals surface area contributed by atoms with Crippen LogP contribution in [0.25, 0.3) is 0 Å². The molecule has 192 valence electrons. The first-order chi connectivity index (χ1) is 17.9. The molecule has 9 heteroatoms. The van der Waals surface area contributed by atoms with Crippen LogP contribution >= 0.6 is 11.6 Å². The number of nitrogens with zero attached hydrogens (tertiary/aromatic N) is 1. The van der Waals surface area contributed by atoms with Gasteiger partial charge in [0.15, 0.2) is 29.6 Å². The molecule has 0 heterocycles. The zero-order valence-electron chi connectivity index (χ0n) is 20.5. The second kappa shape index (κ2) is 13.7. The van der Waals surface area contributed by atoms with E-state index < -0.39 is 11.9 Å². The molecule has 37 heavy (non-hydrogen) atoms. The molecule has 0 aliphatic rings. The molecule has 0 aromatic heterocycles. The third kappa shape index (κ3) is 8.12. The van der Waals surface area contributed by atoms with Crippen LogP contribution in [0, 0.1) is 0 Å². The van der Waals surface area contributed by atoms with E-state index in [1.807, 2.05) is 19.1 Å². The standard InChI is InChI=1S/C28H27ClN2O6/c1-4-6-19-7-13-23(25(15-19)34-3)36-18-27(32)31-30-17-20-8-14-24(26(16-20)35-5-2)37-28(33)21-9-11-22(29)12-10-21/h4,7-17H,1,5-6,18H2,2-3H3,(H,31,32)/b30-17-. The van der Waals surface area contributed by atoms with Gasteiger partial charge in [-0.2, -0.15) is 5.10 Å². The highest BCUT2D eigenvalue weighted by Crippen LogP contribution is 2.30. The first-order valence-corrected chi connectivity index (χ1v) is 11.8. The fraction of sp³-hybridized carbons (Fsp3) is 0.179. The van der Waals surface area contributed by atoms with Gasteiger partial charge >= 0.3 is 5.97 Å². The Morgan fingerprint density at radius 1 is 0.973 bits per heavy atom. The van der Waals surface area contributed by atoms with Crippen molar-refractivity contribution in [1.82, 2.24) is 5.43 Å². The van der Waals surface area contributed by atoms with E-state index in [0.717, 1.165) is 5.56 Å². The molecule has 0 saturated heterocycles. The van der Waals surface area contributed by atoms with Crippen LogP contribution in [0.5, 0.6) is 23.0 Å². The summed E-state index contributed by atoms with van der Waals surface area (Å²) in [6, 6.07) is 16.7. The predicted octanol–water partition coefficient (Wildman–Crippen LogP) is 5.22. The maximum atomic E-state index is 12.4. The summed E-state index contributed by atoms with van der Waals surface area (Å²) in [5.41, 5.74) is 4.40. The van der Waals surface area contributed by atoms with Gasteiger partial charge in [0, 0.05) is 5.02 Å². The van der Waals surface area contributed by atoms with Crippen LogP contribution in [-0.2, 0) is 11.2 Å². The van der Waals surface area contributed by atoms with Gasteiger partial charge in [0.2, 0.25) is 0 Å². The number of ether oxygens (including phenoxy) is 4. The quantitative estimate of drug-likeness (QED) is 0.115. The van der Waals surface area contributed by atoms with Crippen molar-refractivity contribution in [3.63, 3.8) is 0 Å². The van der Waals surface area contributed by atoms with Gasteiger partial charge in [-0.3, -0.25) is 4.79 Å². The van der Waals surface area contributed by atoms with Gasteiger partial charge in [-0.15, -0.1) is 6.58 Å². The summed E-state index contributed by atoms with van der Waals surface area (Å²) in [4.78, 5) is 24.6. The highest BCUT2D eigenvalue weighted by Gasteiger charge is 2.13. The van der Waals surface area contributed by atoms with E-state index in [9.17, 15) is 9.59 Å². The lowest BCUT2D eigenvalue weighted by Crippen LogP contribution is -2.24. The second-order valence-corrected chi connectivity index (χ2v) is 8.03. The Labute approximate surface area is 220 Å². The van der Waals surface area contributed by atoms with Crippen molar-refractivity contribution in [2.24, 2.45) is 5.10 Å². The van der Waals surface area contributed by atoms with Crippen LogP contribution in [-0.4, -0.2) is 38.4 Å². The number of esters is 1. The molecular weight excluding hydrogens is 496 g/mol. The average molecular weight is 523 g/mol.